The third-order valence-electron chi connectivity index (χ3n) is 5.04. The van der Waals surface area contributed by atoms with E-state index < -0.39 is 38.1 Å². The number of sulfonamides is 1. The van der Waals surface area contributed by atoms with Gasteiger partial charge in [-0.3, -0.25) is 4.79 Å². The smallest absolute Gasteiger partial charge is 0.266 e. The molecule has 0 unspecified atom stereocenters. The highest BCUT2D eigenvalue weighted by molar-refractivity contribution is 7.90. The molecule has 0 aliphatic carbocycles. The first kappa shape index (κ1) is 24.9. The van der Waals surface area contributed by atoms with Gasteiger partial charge >= 0.3 is 0 Å². The molecule has 0 heterocycles. The molecule has 2 N–H and O–H groups in total. The maximum absolute atomic E-state index is 14.3. The second kappa shape index (κ2) is 9.04. The maximum Gasteiger partial charge on any atom is 0.266 e. The lowest BCUT2D eigenvalue weighted by Crippen LogP contribution is -2.33. The van der Waals surface area contributed by atoms with Crippen LogP contribution in [-0.4, -0.2) is 19.4 Å². The Morgan fingerprint density at radius 1 is 1.03 bits per heavy atom. The van der Waals surface area contributed by atoms with Crippen molar-refractivity contribution in [2.24, 2.45) is 0 Å². The van der Waals surface area contributed by atoms with Gasteiger partial charge in [-0.1, -0.05) is 33.8 Å². The number of carbonyl (C=O) groups excluding carboxylic acids is 1. The van der Waals surface area contributed by atoms with E-state index in [9.17, 15) is 27.1 Å². The number of amides is 1. The highest BCUT2D eigenvalue weighted by Crippen LogP contribution is 2.30. The second-order valence-electron chi connectivity index (χ2n) is 8.78. The van der Waals surface area contributed by atoms with Crippen molar-refractivity contribution in [2.75, 3.05) is 0 Å². The van der Waals surface area contributed by atoms with Crippen LogP contribution in [0.3, 0.4) is 0 Å². The van der Waals surface area contributed by atoms with Crippen molar-refractivity contribution in [1.29, 1.82) is 0 Å². The standard InChI is InChI=1S/C23H29F2NO4S/c1-13(2)17-10-16(24)11-18(14(3)4)19(17)12-22(27)26-31(29,30)21-9-15(23(5,6)28)7-8-20(21)25/h7-11,13-14,28H,12H2,1-6H3,(H,26,27). The minimum Gasteiger partial charge on any atom is -0.386 e. The Bertz CT molecular complexity index is 1060. The van der Waals surface area contributed by atoms with Crippen LogP contribution in [0, 0.1) is 11.6 Å². The summed E-state index contributed by atoms with van der Waals surface area (Å²) in [5.74, 6) is -2.50. The van der Waals surface area contributed by atoms with Gasteiger partial charge in [-0.05, 0) is 72.2 Å². The van der Waals surface area contributed by atoms with E-state index in [1.54, 1.807) is 0 Å². The van der Waals surface area contributed by atoms with Crippen LogP contribution in [0.15, 0.2) is 35.2 Å². The van der Waals surface area contributed by atoms with E-state index in [1.807, 2.05) is 32.4 Å². The normalized spacial score (nSPS) is 12.5. The molecule has 1 amide bonds. The summed E-state index contributed by atoms with van der Waals surface area (Å²) in [7, 11) is -4.53. The highest BCUT2D eigenvalue weighted by Gasteiger charge is 2.27. The summed E-state index contributed by atoms with van der Waals surface area (Å²) in [4.78, 5) is 11.9. The van der Waals surface area contributed by atoms with Crippen LogP contribution >= 0.6 is 0 Å². The zero-order valence-electron chi connectivity index (χ0n) is 18.6. The van der Waals surface area contributed by atoms with Gasteiger partial charge in [-0.15, -0.1) is 0 Å². The Kier molecular flexibility index (Phi) is 7.28. The molecular weight excluding hydrogens is 424 g/mol. The van der Waals surface area contributed by atoms with Crippen LogP contribution in [0.25, 0.3) is 0 Å². The van der Waals surface area contributed by atoms with E-state index in [2.05, 4.69) is 0 Å². The van der Waals surface area contributed by atoms with E-state index in [1.165, 1.54) is 32.0 Å². The summed E-state index contributed by atoms with van der Waals surface area (Å²) in [6, 6.07) is 5.90. The molecule has 0 spiro atoms. The quantitative estimate of drug-likeness (QED) is 0.647. The number of hydrogen-bond acceptors (Lipinski definition) is 4. The highest BCUT2D eigenvalue weighted by atomic mass is 32.2. The molecule has 2 aromatic rings. The average Bonchev–Trinajstić information content (AvgIpc) is 2.61. The van der Waals surface area contributed by atoms with E-state index in [4.69, 9.17) is 0 Å². The van der Waals surface area contributed by atoms with Crippen molar-refractivity contribution in [3.63, 3.8) is 0 Å². The summed E-state index contributed by atoms with van der Waals surface area (Å²) in [6.45, 7) is 10.3. The van der Waals surface area contributed by atoms with Crippen LogP contribution in [0.2, 0.25) is 0 Å². The van der Waals surface area contributed by atoms with Gasteiger partial charge in [0.05, 0.1) is 12.0 Å². The minimum atomic E-state index is -4.53. The maximum atomic E-state index is 14.3. The van der Waals surface area contributed by atoms with Crippen molar-refractivity contribution in [2.45, 2.75) is 70.3 Å². The van der Waals surface area contributed by atoms with Crippen molar-refractivity contribution in [3.8, 4) is 0 Å². The van der Waals surface area contributed by atoms with Gasteiger partial charge in [0, 0.05) is 0 Å². The zero-order valence-corrected chi connectivity index (χ0v) is 19.4. The molecule has 0 fully saturated rings. The van der Waals surface area contributed by atoms with Gasteiger partial charge in [0.2, 0.25) is 5.91 Å². The number of aliphatic hydroxyl groups is 1. The zero-order chi connectivity index (χ0) is 23.7. The average molecular weight is 454 g/mol. The molecule has 2 aromatic carbocycles. The first-order chi connectivity index (χ1) is 14.1. The first-order valence-electron chi connectivity index (χ1n) is 10.0. The lowest BCUT2D eigenvalue weighted by atomic mass is 9.87. The summed E-state index contributed by atoms with van der Waals surface area (Å²) >= 11 is 0. The van der Waals surface area contributed by atoms with Crippen molar-refractivity contribution in [1.82, 2.24) is 4.72 Å². The van der Waals surface area contributed by atoms with E-state index in [0.717, 1.165) is 12.1 Å². The number of rotatable bonds is 7. The van der Waals surface area contributed by atoms with Gasteiger partial charge in [-0.2, -0.15) is 0 Å². The van der Waals surface area contributed by atoms with Crippen molar-refractivity contribution in [3.05, 3.63) is 64.2 Å². The second-order valence-corrected chi connectivity index (χ2v) is 10.4. The molecule has 8 heteroatoms. The fraction of sp³-hybridized carbons (Fsp3) is 0.435. The predicted octanol–water partition coefficient (Wildman–Crippen LogP) is 4.49. The Labute approximate surface area is 182 Å². The molecule has 0 aliphatic heterocycles. The van der Waals surface area contributed by atoms with E-state index in [-0.39, 0.29) is 23.8 Å². The fourth-order valence-corrected chi connectivity index (χ4v) is 4.49. The topological polar surface area (TPSA) is 83.5 Å². The molecule has 170 valence electrons. The Hall–Kier alpha value is -2.32. The lowest BCUT2D eigenvalue weighted by Gasteiger charge is -2.20. The molecule has 0 saturated carbocycles. The molecule has 0 aromatic heterocycles. The van der Waals surface area contributed by atoms with Crippen LogP contribution in [0.5, 0.6) is 0 Å². The van der Waals surface area contributed by atoms with Crippen molar-refractivity contribution < 1.29 is 27.1 Å². The van der Waals surface area contributed by atoms with Gasteiger partial charge in [0.1, 0.15) is 16.5 Å². The Morgan fingerprint density at radius 3 is 2.00 bits per heavy atom. The Balaban J connectivity index is 2.42. The summed E-state index contributed by atoms with van der Waals surface area (Å²) in [6.07, 6.45) is -0.298. The third kappa shape index (κ3) is 5.89. The number of benzene rings is 2. The first-order valence-corrected chi connectivity index (χ1v) is 11.5. The summed E-state index contributed by atoms with van der Waals surface area (Å²) in [5.41, 5.74) is 0.584. The summed E-state index contributed by atoms with van der Waals surface area (Å²) in [5, 5.41) is 10.1. The fourth-order valence-electron chi connectivity index (χ4n) is 3.41. The molecular formula is C23H29F2NO4S. The molecule has 5 nitrogen and oxygen atoms in total. The SMILES string of the molecule is CC(C)c1cc(F)cc(C(C)C)c1CC(=O)NS(=O)(=O)c1cc(C(C)(C)O)ccc1F. The van der Waals surface area contributed by atoms with Gasteiger partial charge < -0.3 is 5.11 Å². The molecule has 0 radical (unpaired) electrons. The van der Waals surface area contributed by atoms with Crippen LogP contribution in [-0.2, 0) is 26.8 Å². The molecule has 0 saturated heterocycles. The van der Waals surface area contributed by atoms with Crippen LogP contribution in [0.1, 0.15) is 75.6 Å². The predicted molar refractivity (Wildman–Crippen MR) is 115 cm³/mol. The van der Waals surface area contributed by atoms with Gasteiger partial charge in [-0.25, -0.2) is 21.9 Å². The molecule has 31 heavy (non-hydrogen) atoms. The van der Waals surface area contributed by atoms with Gasteiger partial charge in [0.15, 0.2) is 0 Å². The van der Waals surface area contributed by atoms with Gasteiger partial charge in [0.25, 0.3) is 10.0 Å². The molecule has 0 bridgehead atoms. The third-order valence-corrected chi connectivity index (χ3v) is 6.43. The summed E-state index contributed by atoms with van der Waals surface area (Å²) < 4.78 is 55.7. The molecule has 0 atom stereocenters. The monoisotopic (exact) mass is 453 g/mol. The number of halogens is 2. The molecule has 0 aliphatic rings. The number of carbonyl (C=O) groups is 1. The minimum absolute atomic E-state index is 0.0893. The van der Waals surface area contributed by atoms with Crippen LogP contribution < -0.4 is 4.72 Å². The Morgan fingerprint density at radius 2 is 1.55 bits per heavy atom. The largest absolute Gasteiger partial charge is 0.386 e. The van der Waals surface area contributed by atoms with E-state index in [0.29, 0.717) is 16.7 Å². The lowest BCUT2D eigenvalue weighted by molar-refractivity contribution is -0.118. The van der Waals surface area contributed by atoms with E-state index >= 15 is 0 Å². The number of hydrogen-bond donors (Lipinski definition) is 2. The number of nitrogens with one attached hydrogen (secondary N) is 1. The van der Waals surface area contributed by atoms with Crippen molar-refractivity contribution >= 4 is 15.9 Å². The van der Waals surface area contributed by atoms with Crippen LogP contribution in [0.4, 0.5) is 8.78 Å². The molecule has 2 rings (SSSR count).